The van der Waals surface area contributed by atoms with E-state index >= 15 is 0 Å². The Morgan fingerprint density at radius 3 is 2.80 bits per heavy atom. The van der Waals surface area contributed by atoms with Gasteiger partial charge in [-0.15, -0.1) is 0 Å². The molecule has 0 saturated carbocycles. The van der Waals surface area contributed by atoms with Gasteiger partial charge in [-0.2, -0.15) is 0 Å². The number of rotatable bonds is 5. The lowest BCUT2D eigenvalue weighted by atomic mass is 9.89. The summed E-state index contributed by atoms with van der Waals surface area (Å²) in [4.78, 5) is 13.5. The highest BCUT2D eigenvalue weighted by molar-refractivity contribution is 6.34. The number of nitrogens with zero attached hydrogens (tertiary/aromatic N) is 1. The first-order valence-corrected chi connectivity index (χ1v) is 7.27. The molecule has 0 atom stereocenters. The Kier molecular flexibility index (Phi) is 4.78. The maximum Gasteiger partial charge on any atom is 0.260 e. The maximum atomic E-state index is 11.9. The SMILES string of the molecule is CCCC1(O)CN(C(=O)COc2cc(Cl)ccc2Cl)C1. The normalized spacial score (nSPS) is 16.7. The standard InChI is InChI=1S/C14H17Cl2NO3/c1-2-5-14(19)8-17(9-14)13(18)7-20-12-6-10(15)3-4-11(12)16/h3-4,6,19H,2,5,7-9H2,1H3. The fourth-order valence-corrected chi connectivity index (χ4v) is 2.62. The lowest BCUT2D eigenvalue weighted by Crippen LogP contribution is -2.64. The predicted molar refractivity (Wildman–Crippen MR) is 78.4 cm³/mol. The molecule has 0 radical (unpaired) electrons. The molecule has 1 heterocycles. The van der Waals surface area contributed by atoms with Crippen LogP contribution in [0.3, 0.4) is 0 Å². The molecule has 6 heteroatoms. The first kappa shape index (κ1) is 15.4. The van der Waals surface area contributed by atoms with Gasteiger partial charge in [0.05, 0.1) is 23.7 Å². The molecule has 1 N–H and O–H groups in total. The number of β-amino-alcohol motifs (C(OH)–C–C–N with tert-alkyl or cyclic N) is 1. The van der Waals surface area contributed by atoms with Gasteiger partial charge in [0, 0.05) is 11.1 Å². The van der Waals surface area contributed by atoms with Crippen molar-refractivity contribution in [3.63, 3.8) is 0 Å². The van der Waals surface area contributed by atoms with Gasteiger partial charge in [-0.3, -0.25) is 4.79 Å². The Bertz CT molecular complexity index is 501. The third kappa shape index (κ3) is 3.57. The molecule has 0 aliphatic carbocycles. The fraction of sp³-hybridized carbons (Fsp3) is 0.500. The Hall–Kier alpha value is -0.970. The Labute approximate surface area is 128 Å². The van der Waals surface area contributed by atoms with Crippen molar-refractivity contribution in [3.05, 3.63) is 28.2 Å². The highest BCUT2D eigenvalue weighted by Gasteiger charge is 2.42. The van der Waals surface area contributed by atoms with Crippen LogP contribution in [0.25, 0.3) is 0 Å². The Morgan fingerprint density at radius 1 is 1.45 bits per heavy atom. The zero-order valence-corrected chi connectivity index (χ0v) is 12.7. The first-order chi connectivity index (χ1) is 9.43. The number of likely N-dealkylation sites (tertiary alicyclic amines) is 1. The van der Waals surface area contributed by atoms with Gasteiger partial charge < -0.3 is 14.7 Å². The van der Waals surface area contributed by atoms with E-state index in [9.17, 15) is 9.90 Å². The summed E-state index contributed by atoms with van der Waals surface area (Å²) < 4.78 is 5.38. The van der Waals surface area contributed by atoms with E-state index in [-0.39, 0.29) is 12.5 Å². The summed E-state index contributed by atoms with van der Waals surface area (Å²) in [6.45, 7) is 2.63. The van der Waals surface area contributed by atoms with Crippen molar-refractivity contribution in [2.45, 2.75) is 25.4 Å². The van der Waals surface area contributed by atoms with Gasteiger partial charge in [0.2, 0.25) is 0 Å². The molecular formula is C14H17Cl2NO3. The monoisotopic (exact) mass is 317 g/mol. The van der Waals surface area contributed by atoms with Crippen molar-refractivity contribution < 1.29 is 14.6 Å². The van der Waals surface area contributed by atoms with Gasteiger partial charge in [0.1, 0.15) is 5.75 Å². The van der Waals surface area contributed by atoms with Crippen LogP contribution in [-0.2, 0) is 4.79 Å². The number of carbonyl (C=O) groups excluding carboxylic acids is 1. The zero-order valence-electron chi connectivity index (χ0n) is 11.2. The average Bonchev–Trinajstić information content (AvgIpc) is 2.37. The lowest BCUT2D eigenvalue weighted by Gasteiger charge is -2.46. The van der Waals surface area contributed by atoms with E-state index in [1.807, 2.05) is 6.92 Å². The lowest BCUT2D eigenvalue weighted by molar-refractivity contribution is -0.158. The molecule has 1 aliphatic heterocycles. The number of amides is 1. The molecule has 0 bridgehead atoms. The Balaban J connectivity index is 1.83. The second-order valence-corrected chi connectivity index (χ2v) is 5.93. The average molecular weight is 318 g/mol. The summed E-state index contributed by atoms with van der Waals surface area (Å²) >= 11 is 11.8. The van der Waals surface area contributed by atoms with Crippen LogP contribution in [0, 0.1) is 0 Å². The van der Waals surface area contributed by atoms with Crippen LogP contribution in [0.15, 0.2) is 18.2 Å². The van der Waals surface area contributed by atoms with Crippen molar-refractivity contribution in [2.75, 3.05) is 19.7 Å². The van der Waals surface area contributed by atoms with E-state index in [4.69, 9.17) is 27.9 Å². The van der Waals surface area contributed by atoms with Crippen LogP contribution in [0.2, 0.25) is 10.0 Å². The van der Waals surface area contributed by atoms with E-state index in [1.165, 1.54) is 0 Å². The summed E-state index contributed by atoms with van der Waals surface area (Å²) in [6.07, 6.45) is 1.60. The van der Waals surface area contributed by atoms with E-state index in [0.717, 1.165) is 6.42 Å². The van der Waals surface area contributed by atoms with Crippen molar-refractivity contribution in [3.8, 4) is 5.75 Å². The summed E-state index contributed by atoms with van der Waals surface area (Å²) in [5.41, 5.74) is -0.724. The van der Waals surface area contributed by atoms with Crippen molar-refractivity contribution in [2.24, 2.45) is 0 Å². The number of ether oxygens (including phenoxy) is 1. The third-order valence-electron chi connectivity index (χ3n) is 3.28. The van der Waals surface area contributed by atoms with Gasteiger partial charge in [-0.25, -0.2) is 0 Å². The highest BCUT2D eigenvalue weighted by Crippen LogP contribution is 2.29. The molecule has 1 fully saturated rings. The molecule has 1 aromatic carbocycles. The van der Waals surface area contributed by atoms with Crippen LogP contribution >= 0.6 is 23.2 Å². The van der Waals surface area contributed by atoms with Gasteiger partial charge in [0.25, 0.3) is 5.91 Å². The largest absolute Gasteiger partial charge is 0.482 e. The molecule has 0 unspecified atom stereocenters. The van der Waals surface area contributed by atoms with E-state index in [0.29, 0.717) is 35.3 Å². The van der Waals surface area contributed by atoms with Crippen molar-refractivity contribution in [1.29, 1.82) is 0 Å². The number of benzene rings is 1. The maximum absolute atomic E-state index is 11.9. The van der Waals surface area contributed by atoms with Gasteiger partial charge in [-0.1, -0.05) is 36.5 Å². The fourth-order valence-electron chi connectivity index (χ4n) is 2.28. The second kappa shape index (κ2) is 6.20. The molecule has 4 nitrogen and oxygen atoms in total. The molecule has 2 rings (SSSR count). The minimum absolute atomic E-state index is 0.109. The second-order valence-electron chi connectivity index (χ2n) is 5.09. The van der Waals surface area contributed by atoms with Crippen LogP contribution < -0.4 is 4.74 Å². The molecule has 1 saturated heterocycles. The highest BCUT2D eigenvalue weighted by atomic mass is 35.5. The number of halogens is 2. The van der Waals surface area contributed by atoms with Crippen LogP contribution in [0.4, 0.5) is 0 Å². The number of carbonyl (C=O) groups is 1. The van der Waals surface area contributed by atoms with Crippen LogP contribution in [-0.4, -0.2) is 41.2 Å². The third-order valence-corrected chi connectivity index (χ3v) is 3.83. The molecule has 0 spiro atoms. The summed E-state index contributed by atoms with van der Waals surface area (Å²) in [5.74, 6) is 0.221. The molecular weight excluding hydrogens is 301 g/mol. The molecule has 1 aromatic rings. The number of aliphatic hydroxyl groups is 1. The van der Waals surface area contributed by atoms with Gasteiger partial charge >= 0.3 is 0 Å². The van der Waals surface area contributed by atoms with E-state index in [2.05, 4.69) is 0 Å². The molecule has 1 aliphatic rings. The molecule has 1 amide bonds. The van der Waals surface area contributed by atoms with Crippen LogP contribution in [0.5, 0.6) is 5.75 Å². The molecule has 0 aromatic heterocycles. The minimum atomic E-state index is -0.724. The van der Waals surface area contributed by atoms with Crippen molar-refractivity contribution >= 4 is 29.1 Å². The topological polar surface area (TPSA) is 49.8 Å². The van der Waals surface area contributed by atoms with E-state index < -0.39 is 5.60 Å². The van der Waals surface area contributed by atoms with Crippen LogP contribution in [0.1, 0.15) is 19.8 Å². The van der Waals surface area contributed by atoms with E-state index in [1.54, 1.807) is 23.1 Å². The van der Waals surface area contributed by atoms with Crippen molar-refractivity contribution in [1.82, 2.24) is 4.90 Å². The smallest absolute Gasteiger partial charge is 0.260 e. The number of hydrogen-bond acceptors (Lipinski definition) is 3. The predicted octanol–water partition coefficient (Wildman–Crippen LogP) is 2.75. The summed E-state index contributed by atoms with van der Waals surface area (Å²) in [7, 11) is 0. The quantitative estimate of drug-likeness (QED) is 0.908. The molecule has 110 valence electrons. The van der Waals surface area contributed by atoms with Gasteiger partial charge in [0.15, 0.2) is 6.61 Å². The zero-order chi connectivity index (χ0) is 14.8. The number of hydrogen-bond donors (Lipinski definition) is 1. The Morgan fingerprint density at radius 2 is 2.15 bits per heavy atom. The molecule has 20 heavy (non-hydrogen) atoms. The first-order valence-electron chi connectivity index (χ1n) is 6.51. The summed E-state index contributed by atoms with van der Waals surface area (Å²) in [5, 5.41) is 10.9. The van der Waals surface area contributed by atoms with Gasteiger partial charge in [-0.05, 0) is 18.6 Å². The summed E-state index contributed by atoms with van der Waals surface area (Å²) in [6, 6.07) is 4.84. The minimum Gasteiger partial charge on any atom is -0.482 e.